The van der Waals surface area contributed by atoms with Crippen molar-refractivity contribution in [2.45, 2.75) is 13.2 Å². The minimum Gasteiger partial charge on any atom is -0.392 e. The van der Waals surface area contributed by atoms with E-state index in [1.54, 1.807) is 12.3 Å². The summed E-state index contributed by atoms with van der Waals surface area (Å²) in [5, 5.41) is 9.69. The molecule has 0 saturated heterocycles. The molecular weight excluding hydrogens is 250 g/mol. The van der Waals surface area contributed by atoms with Crippen LogP contribution < -0.4 is 4.90 Å². The van der Waals surface area contributed by atoms with Crippen LogP contribution in [-0.2, 0) is 20.2 Å². The van der Waals surface area contributed by atoms with E-state index in [1.165, 1.54) is 0 Å². The van der Waals surface area contributed by atoms with E-state index in [2.05, 4.69) is 4.98 Å². The number of nitrogens with zero attached hydrogens (tertiary/aromatic N) is 3. The van der Waals surface area contributed by atoms with Crippen LogP contribution in [0.1, 0.15) is 11.4 Å². The molecule has 0 spiro atoms. The minimum atomic E-state index is 0.00306. The second-order valence-corrected chi connectivity index (χ2v) is 4.66. The average Bonchev–Trinajstić information content (AvgIpc) is 2.74. The molecule has 0 aliphatic carbocycles. The number of anilines is 1. The van der Waals surface area contributed by atoms with Gasteiger partial charge in [0.25, 0.3) is 0 Å². The number of rotatable bonds is 4. The van der Waals surface area contributed by atoms with Crippen molar-refractivity contribution in [1.82, 2.24) is 9.55 Å². The molecule has 4 nitrogen and oxygen atoms in total. The highest BCUT2D eigenvalue weighted by Crippen LogP contribution is 2.27. The van der Waals surface area contributed by atoms with E-state index >= 15 is 0 Å². The number of aliphatic hydroxyl groups is 1. The van der Waals surface area contributed by atoms with Gasteiger partial charge in [0.2, 0.25) is 0 Å². The van der Waals surface area contributed by atoms with E-state index in [1.807, 2.05) is 41.9 Å². The molecule has 0 saturated carbocycles. The first-order valence-corrected chi connectivity index (χ1v) is 6.06. The predicted molar refractivity (Wildman–Crippen MR) is 72.7 cm³/mol. The molecule has 0 unspecified atom stereocenters. The maximum atomic E-state index is 9.05. The molecule has 0 fully saturated rings. The molecule has 96 valence electrons. The van der Waals surface area contributed by atoms with Gasteiger partial charge in [0, 0.05) is 26.5 Å². The van der Waals surface area contributed by atoms with Crippen LogP contribution in [-0.4, -0.2) is 21.7 Å². The lowest BCUT2D eigenvalue weighted by Crippen LogP contribution is -2.19. The fraction of sp³-hybridized carbons (Fsp3) is 0.308. The molecule has 0 aliphatic heterocycles. The Morgan fingerprint density at radius 3 is 2.78 bits per heavy atom. The highest BCUT2D eigenvalue weighted by atomic mass is 35.5. The number of aliphatic hydroxyl groups excluding tert-OH is 1. The van der Waals surface area contributed by atoms with Crippen molar-refractivity contribution in [3.05, 3.63) is 47.0 Å². The molecule has 1 aromatic heterocycles. The summed E-state index contributed by atoms with van der Waals surface area (Å²) < 4.78 is 1.98. The fourth-order valence-electron chi connectivity index (χ4n) is 1.80. The number of aromatic nitrogens is 2. The molecule has 5 heteroatoms. The molecular formula is C13H16ClN3O. The second-order valence-electron chi connectivity index (χ2n) is 4.25. The molecule has 0 radical (unpaired) electrons. The van der Waals surface area contributed by atoms with Gasteiger partial charge in [0.05, 0.1) is 23.9 Å². The highest BCUT2D eigenvalue weighted by molar-refractivity contribution is 6.33. The van der Waals surface area contributed by atoms with E-state index in [4.69, 9.17) is 16.7 Å². The molecule has 1 aromatic carbocycles. The highest BCUT2D eigenvalue weighted by Gasteiger charge is 2.09. The van der Waals surface area contributed by atoms with Crippen LogP contribution in [0.3, 0.4) is 0 Å². The summed E-state index contributed by atoms with van der Waals surface area (Å²) in [6, 6.07) is 5.57. The van der Waals surface area contributed by atoms with Crippen molar-refractivity contribution in [2.24, 2.45) is 7.05 Å². The van der Waals surface area contributed by atoms with Crippen molar-refractivity contribution in [1.29, 1.82) is 0 Å². The summed E-state index contributed by atoms with van der Waals surface area (Å²) in [5.74, 6) is 0.972. The Kier molecular flexibility index (Phi) is 3.89. The number of hydrogen-bond acceptors (Lipinski definition) is 3. The van der Waals surface area contributed by atoms with Crippen LogP contribution in [0.15, 0.2) is 30.6 Å². The summed E-state index contributed by atoms with van der Waals surface area (Å²) in [5.41, 5.74) is 1.74. The zero-order valence-corrected chi connectivity index (χ0v) is 11.2. The summed E-state index contributed by atoms with van der Waals surface area (Å²) in [7, 11) is 3.93. The Hall–Kier alpha value is -1.52. The van der Waals surface area contributed by atoms with E-state index in [0.717, 1.165) is 17.1 Å². The topological polar surface area (TPSA) is 41.3 Å². The zero-order valence-electron chi connectivity index (χ0n) is 10.5. The third kappa shape index (κ3) is 2.66. The van der Waals surface area contributed by atoms with Gasteiger partial charge in [0.1, 0.15) is 5.82 Å². The molecule has 2 rings (SSSR count). The SMILES string of the molecule is CN(Cc1nccn1C)c1ccc(CO)cc1Cl. The normalized spacial score (nSPS) is 10.7. The zero-order chi connectivity index (χ0) is 13.1. The Morgan fingerprint density at radius 1 is 1.44 bits per heavy atom. The molecule has 0 bridgehead atoms. The van der Waals surface area contributed by atoms with Gasteiger partial charge in [-0.2, -0.15) is 0 Å². The number of benzene rings is 1. The van der Waals surface area contributed by atoms with E-state index in [0.29, 0.717) is 11.6 Å². The number of imidazole rings is 1. The molecule has 1 heterocycles. The van der Waals surface area contributed by atoms with Gasteiger partial charge >= 0.3 is 0 Å². The maximum absolute atomic E-state index is 9.05. The second kappa shape index (κ2) is 5.42. The summed E-state index contributed by atoms with van der Waals surface area (Å²) in [6.07, 6.45) is 3.69. The standard InChI is InChI=1S/C13H16ClN3O/c1-16-6-5-15-13(16)8-17(2)12-4-3-10(9-18)7-11(12)14/h3-7,18H,8-9H2,1-2H3. The Bertz CT molecular complexity index is 539. The molecule has 18 heavy (non-hydrogen) atoms. The fourth-order valence-corrected chi connectivity index (χ4v) is 2.15. The van der Waals surface area contributed by atoms with Gasteiger partial charge in [-0.1, -0.05) is 17.7 Å². The van der Waals surface area contributed by atoms with Gasteiger partial charge in [-0.15, -0.1) is 0 Å². The van der Waals surface area contributed by atoms with Crippen LogP contribution in [0, 0.1) is 0 Å². The first-order valence-electron chi connectivity index (χ1n) is 5.68. The average molecular weight is 266 g/mol. The van der Waals surface area contributed by atoms with Gasteiger partial charge < -0.3 is 14.6 Å². The summed E-state index contributed by atoms with van der Waals surface area (Å²) >= 11 is 6.20. The van der Waals surface area contributed by atoms with Crippen LogP contribution in [0.4, 0.5) is 5.69 Å². The van der Waals surface area contributed by atoms with Crippen molar-refractivity contribution in [2.75, 3.05) is 11.9 Å². The van der Waals surface area contributed by atoms with Crippen LogP contribution >= 0.6 is 11.6 Å². The summed E-state index contributed by atoms with van der Waals surface area (Å²) in [4.78, 5) is 6.32. The largest absolute Gasteiger partial charge is 0.392 e. The van der Waals surface area contributed by atoms with Gasteiger partial charge in [-0.25, -0.2) is 4.98 Å². The molecule has 0 aliphatic rings. The van der Waals surface area contributed by atoms with Crippen molar-refractivity contribution >= 4 is 17.3 Å². The molecule has 0 atom stereocenters. The van der Waals surface area contributed by atoms with Crippen LogP contribution in [0.25, 0.3) is 0 Å². The number of aryl methyl sites for hydroxylation is 1. The van der Waals surface area contributed by atoms with Crippen LogP contribution in [0.5, 0.6) is 0 Å². The first-order chi connectivity index (χ1) is 8.61. The van der Waals surface area contributed by atoms with Crippen molar-refractivity contribution < 1.29 is 5.11 Å². The number of halogens is 1. The van der Waals surface area contributed by atoms with Crippen molar-refractivity contribution in [3.8, 4) is 0 Å². The van der Waals surface area contributed by atoms with Crippen molar-refractivity contribution in [3.63, 3.8) is 0 Å². The van der Waals surface area contributed by atoms with Crippen LogP contribution in [0.2, 0.25) is 5.02 Å². The lowest BCUT2D eigenvalue weighted by Gasteiger charge is -2.20. The third-order valence-electron chi connectivity index (χ3n) is 2.91. The maximum Gasteiger partial charge on any atom is 0.127 e. The Balaban J connectivity index is 2.19. The third-order valence-corrected chi connectivity index (χ3v) is 3.21. The molecule has 1 N–H and O–H groups in total. The summed E-state index contributed by atoms with van der Waals surface area (Å²) in [6.45, 7) is 0.685. The van der Waals surface area contributed by atoms with Gasteiger partial charge in [-0.3, -0.25) is 0 Å². The predicted octanol–water partition coefficient (Wildman–Crippen LogP) is 2.20. The lowest BCUT2D eigenvalue weighted by molar-refractivity contribution is 0.282. The minimum absolute atomic E-state index is 0.00306. The lowest BCUT2D eigenvalue weighted by atomic mass is 10.2. The number of hydrogen-bond donors (Lipinski definition) is 1. The quantitative estimate of drug-likeness (QED) is 0.922. The van der Waals surface area contributed by atoms with E-state index in [-0.39, 0.29) is 6.61 Å². The monoisotopic (exact) mass is 265 g/mol. The Labute approximate surface area is 111 Å². The van der Waals surface area contributed by atoms with E-state index < -0.39 is 0 Å². The van der Waals surface area contributed by atoms with E-state index in [9.17, 15) is 0 Å². The Morgan fingerprint density at radius 2 is 2.22 bits per heavy atom. The molecule has 0 amide bonds. The smallest absolute Gasteiger partial charge is 0.127 e. The molecule has 2 aromatic rings. The van der Waals surface area contributed by atoms with Gasteiger partial charge in [-0.05, 0) is 17.7 Å². The van der Waals surface area contributed by atoms with Gasteiger partial charge in [0.15, 0.2) is 0 Å². The first kappa shape index (κ1) is 12.9.